The molecule has 1 aromatic carbocycles. The Labute approximate surface area is 160 Å². The van der Waals surface area contributed by atoms with E-state index < -0.39 is 9.84 Å². The minimum atomic E-state index is -3.32. The summed E-state index contributed by atoms with van der Waals surface area (Å²) in [6, 6.07) is 4.90. The summed E-state index contributed by atoms with van der Waals surface area (Å²) in [5, 5.41) is 3.72. The Balaban J connectivity index is 1.86. The van der Waals surface area contributed by atoms with Crippen LogP contribution < -0.4 is 10.2 Å². The van der Waals surface area contributed by atoms with Gasteiger partial charge in [-0.05, 0) is 37.5 Å². The Hall–Kier alpha value is -2.22. The Bertz CT molecular complexity index is 930. The summed E-state index contributed by atoms with van der Waals surface area (Å²) in [5.41, 5.74) is 0.696. The highest BCUT2D eigenvalue weighted by Gasteiger charge is 2.27. The van der Waals surface area contributed by atoms with Crippen LogP contribution in [-0.4, -0.2) is 50.2 Å². The third-order valence-corrected chi connectivity index (χ3v) is 6.05. The van der Waals surface area contributed by atoms with Gasteiger partial charge in [-0.1, -0.05) is 13.3 Å². The van der Waals surface area contributed by atoms with Crippen LogP contribution >= 0.6 is 0 Å². The number of anilines is 1. The predicted octanol–water partition coefficient (Wildman–Crippen LogP) is 2.17. The number of hydrogen-bond donors (Lipinski definition) is 1. The van der Waals surface area contributed by atoms with Gasteiger partial charge < -0.3 is 10.2 Å². The lowest BCUT2D eigenvalue weighted by molar-refractivity contribution is -0.125. The molecule has 0 aliphatic carbocycles. The molecule has 0 spiro atoms. The topological polar surface area (TPSA) is 92.3 Å². The van der Waals surface area contributed by atoms with E-state index in [1.807, 2.05) is 0 Å². The molecule has 0 radical (unpaired) electrons. The number of amides is 1. The number of aromatic nitrogens is 2. The summed E-state index contributed by atoms with van der Waals surface area (Å²) in [5.74, 6) is 0.693. The van der Waals surface area contributed by atoms with Crippen LogP contribution in [0.25, 0.3) is 10.9 Å². The fraction of sp³-hybridized carbons (Fsp3) is 0.526. The fourth-order valence-electron chi connectivity index (χ4n) is 3.42. The third kappa shape index (κ3) is 4.55. The number of carbonyl (C=O) groups excluding carboxylic acids is 1. The van der Waals surface area contributed by atoms with Crippen LogP contribution in [0.2, 0.25) is 0 Å². The quantitative estimate of drug-likeness (QED) is 0.760. The van der Waals surface area contributed by atoms with Gasteiger partial charge in [0.25, 0.3) is 0 Å². The number of hydrogen-bond acceptors (Lipinski definition) is 6. The van der Waals surface area contributed by atoms with Crippen molar-refractivity contribution in [2.75, 3.05) is 30.8 Å². The van der Waals surface area contributed by atoms with Crippen LogP contribution in [0, 0.1) is 5.92 Å². The van der Waals surface area contributed by atoms with Gasteiger partial charge in [-0.2, -0.15) is 0 Å². The summed E-state index contributed by atoms with van der Waals surface area (Å²) in [4.78, 5) is 23.4. The summed E-state index contributed by atoms with van der Waals surface area (Å²) < 4.78 is 23.8. The maximum Gasteiger partial charge on any atom is 0.224 e. The van der Waals surface area contributed by atoms with Gasteiger partial charge in [-0.25, -0.2) is 18.4 Å². The van der Waals surface area contributed by atoms with E-state index in [0.717, 1.165) is 32.2 Å². The maximum absolute atomic E-state index is 12.4. The zero-order valence-electron chi connectivity index (χ0n) is 15.8. The average Bonchev–Trinajstić information content (AvgIpc) is 2.66. The Morgan fingerprint density at radius 3 is 2.89 bits per heavy atom. The van der Waals surface area contributed by atoms with Gasteiger partial charge in [0.05, 0.1) is 16.3 Å². The van der Waals surface area contributed by atoms with Gasteiger partial charge in [0, 0.05) is 31.3 Å². The second-order valence-corrected chi connectivity index (χ2v) is 9.09. The standard InChI is InChI=1S/C19H26N4O3S/c1-3-4-9-20-19(24)14-6-5-10-23(12-14)18-16-11-15(27(2,25)26)7-8-17(16)21-13-22-18/h7-8,11,13-14H,3-6,9-10,12H2,1-2H3,(H,20,24). The molecule has 1 atom stereocenters. The summed E-state index contributed by atoms with van der Waals surface area (Å²) in [6.45, 7) is 4.17. The molecule has 0 saturated carbocycles. The van der Waals surface area contributed by atoms with Crippen LogP contribution in [0.4, 0.5) is 5.82 Å². The molecule has 1 saturated heterocycles. The molecule has 8 heteroatoms. The molecular formula is C19H26N4O3S. The van der Waals surface area contributed by atoms with Gasteiger partial charge in [0.15, 0.2) is 9.84 Å². The van der Waals surface area contributed by atoms with E-state index in [4.69, 9.17) is 0 Å². The third-order valence-electron chi connectivity index (χ3n) is 4.94. The molecule has 1 N–H and O–H groups in total. The second-order valence-electron chi connectivity index (χ2n) is 7.08. The molecule has 146 valence electrons. The highest BCUT2D eigenvalue weighted by atomic mass is 32.2. The normalized spacial score (nSPS) is 17.9. The minimum Gasteiger partial charge on any atom is -0.356 e. The number of sulfone groups is 1. The highest BCUT2D eigenvalue weighted by molar-refractivity contribution is 7.90. The number of nitrogens with zero attached hydrogens (tertiary/aromatic N) is 3. The SMILES string of the molecule is CCCCNC(=O)C1CCCN(c2ncnc3ccc(S(C)(=O)=O)cc23)C1. The van der Waals surface area contributed by atoms with E-state index in [1.165, 1.54) is 12.6 Å². The first kappa shape index (κ1) is 19.5. The Morgan fingerprint density at radius 1 is 1.33 bits per heavy atom. The second kappa shape index (κ2) is 8.21. The molecule has 1 unspecified atom stereocenters. The van der Waals surface area contributed by atoms with Gasteiger partial charge in [0.2, 0.25) is 5.91 Å². The zero-order chi connectivity index (χ0) is 19.4. The van der Waals surface area contributed by atoms with Gasteiger partial charge in [0.1, 0.15) is 12.1 Å². The lowest BCUT2D eigenvalue weighted by Crippen LogP contribution is -2.43. The molecule has 1 aromatic heterocycles. The Kier molecular flexibility index (Phi) is 5.94. The van der Waals surface area contributed by atoms with Gasteiger partial charge >= 0.3 is 0 Å². The number of rotatable bonds is 6. The van der Waals surface area contributed by atoms with Crippen molar-refractivity contribution in [3.63, 3.8) is 0 Å². The number of piperidine rings is 1. The largest absolute Gasteiger partial charge is 0.356 e. The molecule has 1 amide bonds. The van der Waals surface area contributed by atoms with Crippen molar-refractivity contribution in [1.29, 1.82) is 0 Å². The van der Waals surface area contributed by atoms with Crippen molar-refractivity contribution in [2.24, 2.45) is 5.92 Å². The van der Waals surface area contributed by atoms with Crippen molar-refractivity contribution >= 4 is 32.5 Å². The molecule has 27 heavy (non-hydrogen) atoms. The van der Waals surface area contributed by atoms with E-state index in [9.17, 15) is 13.2 Å². The minimum absolute atomic E-state index is 0.0845. The zero-order valence-corrected chi connectivity index (χ0v) is 16.6. The first-order chi connectivity index (χ1) is 12.9. The van der Waals surface area contributed by atoms with Crippen molar-refractivity contribution in [3.05, 3.63) is 24.5 Å². The number of carbonyl (C=O) groups is 1. The van der Waals surface area contributed by atoms with E-state index in [-0.39, 0.29) is 16.7 Å². The van der Waals surface area contributed by atoms with Crippen LogP contribution in [-0.2, 0) is 14.6 Å². The molecule has 0 bridgehead atoms. The van der Waals surface area contributed by atoms with E-state index in [2.05, 4.69) is 27.1 Å². The smallest absolute Gasteiger partial charge is 0.224 e. The monoisotopic (exact) mass is 390 g/mol. The lowest BCUT2D eigenvalue weighted by Gasteiger charge is -2.33. The van der Waals surface area contributed by atoms with Crippen LogP contribution in [0.15, 0.2) is 29.4 Å². The van der Waals surface area contributed by atoms with Crippen molar-refractivity contribution in [2.45, 2.75) is 37.5 Å². The molecule has 7 nitrogen and oxygen atoms in total. The number of nitrogens with one attached hydrogen (secondary N) is 1. The van der Waals surface area contributed by atoms with Crippen LogP contribution in [0.3, 0.4) is 0 Å². The summed E-state index contributed by atoms with van der Waals surface area (Å²) in [6.07, 6.45) is 6.45. The number of fused-ring (bicyclic) bond motifs is 1. The fourth-order valence-corrected chi connectivity index (χ4v) is 4.07. The van der Waals surface area contributed by atoms with E-state index in [0.29, 0.717) is 29.8 Å². The average molecular weight is 391 g/mol. The first-order valence-electron chi connectivity index (χ1n) is 9.37. The molecule has 2 aromatic rings. The van der Waals surface area contributed by atoms with E-state index >= 15 is 0 Å². The molecule has 2 heterocycles. The van der Waals surface area contributed by atoms with Crippen molar-refractivity contribution < 1.29 is 13.2 Å². The molecular weight excluding hydrogens is 364 g/mol. The van der Waals surface area contributed by atoms with Crippen LogP contribution in [0.1, 0.15) is 32.6 Å². The maximum atomic E-state index is 12.4. The van der Waals surface area contributed by atoms with Crippen LogP contribution in [0.5, 0.6) is 0 Å². The molecule has 3 rings (SSSR count). The van der Waals surface area contributed by atoms with Crippen molar-refractivity contribution in [3.8, 4) is 0 Å². The summed E-state index contributed by atoms with van der Waals surface area (Å²) in [7, 11) is -3.32. The predicted molar refractivity (Wildman–Crippen MR) is 106 cm³/mol. The molecule has 1 aliphatic rings. The van der Waals surface area contributed by atoms with Gasteiger partial charge in [-0.3, -0.25) is 4.79 Å². The lowest BCUT2D eigenvalue weighted by atomic mass is 9.96. The van der Waals surface area contributed by atoms with Gasteiger partial charge in [-0.15, -0.1) is 0 Å². The molecule has 1 aliphatic heterocycles. The number of unbranched alkanes of at least 4 members (excludes halogenated alkanes) is 1. The summed E-state index contributed by atoms with van der Waals surface area (Å²) >= 11 is 0. The first-order valence-corrected chi connectivity index (χ1v) is 11.3. The number of benzene rings is 1. The highest BCUT2D eigenvalue weighted by Crippen LogP contribution is 2.29. The van der Waals surface area contributed by atoms with Crippen molar-refractivity contribution in [1.82, 2.24) is 15.3 Å². The molecule has 1 fully saturated rings. The van der Waals surface area contributed by atoms with E-state index in [1.54, 1.807) is 18.2 Å². The Morgan fingerprint density at radius 2 is 2.15 bits per heavy atom.